The van der Waals surface area contributed by atoms with Crippen LogP contribution in [0.2, 0.25) is 0 Å². The topological polar surface area (TPSA) is 89.3 Å². The number of aromatic nitrogens is 1. The van der Waals surface area contributed by atoms with Crippen molar-refractivity contribution < 1.29 is 9.66 Å². The van der Waals surface area contributed by atoms with Crippen LogP contribution in [-0.4, -0.2) is 36.2 Å². The third-order valence-electron chi connectivity index (χ3n) is 2.59. The average molecular weight is 268 g/mol. The molecule has 1 rings (SSSR count). The van der Waals surface area contributed by atoms with Crippen molar-refractivity contribution >= 4 is 17.3 Å². The highest BCUT2D eigenvalue weighted by Crippen LogP contribution is 2.23. The van der Waals surface area contributed by atoms with Crippen molar-refractivity contribution in [3.8, 4) is 0 Å². The summed E-state index contributed by atoms with van der Waals surface area (Å²) >= 11 is 0. The van der Waals surface area contributed by atoms with E-state index in [9.17, 15) is 10.1 Å². The lowest BCUT2D eigenvalue weighted by Gasteiger charge is -2.12. The van der Waals surface area contributed by atoms with Gasteiger partial charge >= 0.3 is 5.69 Å². The predicted molar refractivity (Wildman–Crippen MR) is 74.6 cm³/mol. The quantitative estimate of drug-likeness (QED) is 0.555. The van der Waals surface area contributed by atoms with Crippen LogP contribution in [0.25, 0.3) is 0 Å². The van der Waals surface area contributed by atoms with E-state index in [1.807, 2.05) is 13.8 Å². The maximum atomic E-state index is 10.9. The van der Waals surface area contributed by atoms with Crippen LogP contribution in [0.3, 0.4) is 0 Å². The smallest absolute Gasteiger partial charge is 0.311 e. The molecule has 1 atom stereocenters. The maximum absolute atomic E-state index is 10.9. The standard InChI is InChI=1S/C12H20N4O3/c1-4-7-13-11-6-5-10(16(17)18)12(15-11)14-8-9(2)19-3/h5-6,9H,4,7-8H2,1-3H3,(H2,13,14,15). The number of hydrogen-bond acceptors (Lipinski definition) is 6. The van der Waals surface area contributed by atoms with E-state index < -0.39 is 4.92 Å². The van der Waals surface area contributed by atoms with E-state index in [0.29, 0.717) is 12.4 Å². The largest absolute Gasteiger partial charge is 0.380 e. The van der Waals surface area contributed by atoms with E-state index in [4.69, 9.17) is 4.74 Å². The number of hydrogen-bond donors (Lipinski definition) is 2. The van der Waals surface area contributed by atoms with Gasteiger partial charge in [-0.3, -0.25) is 10.1 Å². The molecule has 0 aliphatic carbocycles. The Bertz CT molecular complexity index is 425. The highest BCUT2D eigenvalue weighted by Gasteiger charge is 2.16. The number of methoxy groups -OCH3 is 1. The van der Waals surface area contributed by atoms with Gasteiger partial charge in [0.25, 0.3) is 0 Å². The summed E-state index contributed by atoms with van der Waals surface area (Å²) in [6, 6.07) is 3.06. The second-order valence-electron chi connectivity index (χ2n) is 4.18. The van der Waals surface area contributed by atoms with E-state index in [1.54, 1.807) is 13.2 Å². The summed E-state index contributed by atoms with van der Waals surface area (Å²) in [5.41, 5.74) is -0.0367. The lowest BCUT2D eigenvalue weighted by atomic mass is 10.3. The van der Waals surface area contributed by atoms with Crippen LogP contribution in [0.4, 0.5) is 17.3 Å². The molecule has 106 valence electrons. The number of ether oxygens (including phenoxy) is 1. The van der Waals surface area contributed by atoms with E-state index >= 15 is 0 Å². The molecule has 2 N–H and O–H groups in total. The predicted octanol–water partition coefficient (Wildman–Crippen LogP) is 2.26. The molecule has 0 aliphatic heterocycles. The molecular weight excluding hydrogens is 248 g/mol. The van der Waals surface area contributed by atoms with Crippen molar-refractivity contribution in [2.24, 2.45) is 0 Å². The first-order valence-corrected chi connectivity index (χ1v) is 6.24. The van der Waals surface area contributed by atoms with Gasteiger partial charge in [0.15, 0.2) is 0 Å². The molecule has 0 radical (unpaired) electrons. The highest BCUT2D eigenvalue weighted by molar-refractivity contribution is 5.60. The molecule has 1 aromatic rings. The van der Waals surface area contributed by atoms with Gasteiger partial charge in [-0.05, 0) is 19.4 Å². The number of pyridine rings is 1. The normalized spacial score (nSPS) is 11.9. The van der Waals surface area contributed by atoms with E-state index in [-0.39, 0.29) is 17.6 Å². The minimum absolute atomic E-state index is 0.0367. The number of nitrogens with zero attached hydrogens (tertiary/aromatic N) is 2. The third kappa shape index (κ3) is 4.70. The number of nitro groups is 1. The van der Waals surface area contributed by atoms with Crippen LogP contribution in [-0.2, 0) is 4.74 Å². The summed E-state index contributed by atoms with van der Waals surface area (Å²) in [7, 11) is 1.59. The molecule has 0 aromatic carbocycles. The molecule has 1 heterocycles. The molecule has 0 saturated carbocycles. The Hall–Kier alpha value is -1.89. The summed E-state index contributed by atoms with van der Waals surface area (Å²) in [5.74, 6) is 0.884. The molecule has 19 heavy (non-hydrogen) atoms. The van der Waals surface area contributed by atoms with E-state index in [1.165, 1.54) is 6.07 Å². The van der Waals surface area contributed by atoms with Crippen LogP contribution < -0.4 is 10.6 Å². The molecule has 0 spiro atoms. The summed E-state index contributed by atoms with van der Waals surface area (Å²) < 4.78 is 5.09. The Morgan fingerprint density at radius 3 is 2.79 bits per heavy atom. The maximum Gasteiger partial charge on any atom is 0.311 e. The average Bonchev–Trinajstić information content (AvgIpc) is 2.42. The Morgan fingerprint density at radius 2 is 2.21 bits per heavy atom. The molecule has 0 saturated heterocycles. The lowest BCUT2D eigenvalue weighted by molar-refractivity contribution is -0.384. The molecular formula is C12H20N4O3. The number of anilines is 2. The zero-order chi connectivity index (χ0) is 14.3. The van der Waals surface area contributed by atoms with Crippen molar-refractivity contribution in [1.82, 2.24) is 4.98 Å². The fourth-order valence-corrected chi connectivity index (χ4v) is 1.40. The van der Waals surface area contributed by atoms with Crippen molar-refractivity contribution in [2.75, 3.05) is 30.8 Å². The van der Waals surface area contributed by atoms with E-state index in [2.05, 4.69) is 15.6 Å². The summed E-state index contributed by atoms with van der Waals surface area (Å²) in [6.07, 6.45) is 0.913. The van der Waals surface area contributed by atoms with Gasteiger partial charge in [0, 0.05) is 26.3 Å². The van der Waals surface area contributed by atoms with Crippen LogP contribution in [0.15, 0.2) is 12.1 Å². The lowest BCUT2D eigenvalue weighted by Crippen LogP contribution is -2.19. The summed E-state index contributed by atoms with van der Waals surface area (Å²) in [6.45, 7) is 5.15. The highest BCUT2D eigenvalue weighted by atomic mass is 16.6. The van der Waals surface area contributed by atoms with Crippen molar-refractivity contribution in [2.45, 2.75) is 26.4 Å². The van der Waals surface area contributed by atoms with Gasteiger partial charge in [0.05, 0.1) is 11.0 Å². The minimum Gasteiger partial charge on any atom is -0.380 e. The van der Waals surface area contributed by atoms with Crippen molar-refractivity contribution in [3.05, 3.63) is 22.2 Å². The van der Waals surface area contributed by atoms with Gasteiger partial charge in [-0.15, -0.1) is 0 Å². The Kier molecular flexibility index (Phi) is 6.01. The monoisotopic (exact) mass is 268 g/mol. The van der Waals surface area contributed by atoms with E-state index in [0.717, 1.165) is 13.0 Å². The summed E-state index contributed by atoms with van der Waals surface area (Å²) in [5, 5.41) is 17.0. The molecule has 7 nitrogen and oxygen atoms in total. The number of nitrogens with one attached hydrogen (secondary N) is 2. The first-order valence-electron chi connectivity index (χ1n) is 6.24. The van der Waals surface area contributed by atoms with Gasteiger partial charge in [-0.2, -0.15) is 0 Å². The van der Waals surface area contributed by atoms with Crippen LogP contribution in [0, 0.1) is 10.1 Å². The van der Waals surface area contributed by atoms with Gasteiger partial charge in [0.2, 0.25) is 5.82 Å². The molecule has 1 unspecified atom stereocenters. The van der Waals surface area contributed by atoms with Crippen LogP contribution in [0.1, 0.15) is 20.3 Å². The second-order valence-corrected chi connectivity index (χ2v) is 4.18. The number of rotatable bonds is 8. The zero-order valence-electron chi connectivity index (χ0n) is 11.5. The van der Waals surface area contributed by atoms with Gasteiger partial charge in [0.1, 0.15) is 5.82 Å². The molecule has 0 aliphatic rings. The zero-order valence-corrected chi connectivity index (χ0v) is 11.5. The molecule has 0 fully saturated rings. The second kappa shape index (κ2) is 7.52. The SMILES string of the molecule is CCCNc1ccc([N+](=O)[O-])c(NCC(C)OC)n1. The molecule has 1 aromatic heterocycles. The minimum atomic E-state index is -0.448. The van der Waals surface area contributed by atoms with Crippen LogP contribution >= 0.6 is 0 Å². The van der Waals surface area contributed by atoms with Gasteiger partial charge in [-0.1, -0.05) is 6.92 Å². The van der Waals surface area contributed by atoms with Crippen molar-refractivity contribution in [1.29, 1.82) is 0 Å². The first kappa shape index (κ1) is 15.2. The van der Waals surface area contributed by atoms with Crippen molar-refractivity contribution in [3.63, 3.8) is 0 Å². The Balaban J connectivity index is 2.85. The van der Waals surface area contributed by atoms with Crippen LogP contribution in [0.5, 0.6) is 0 Å². The third-order valence-corrected chi connectivity index (χ3v) is 2.59. The summed E-state index contributed by atoms with van der Waals surface area (Å²) in [4.78, 5) is 14.7. The fraction of sp³-hybridized carbons (Fsp3) is 0.583. The molecule has 0 bridgehead atoms. The van der Waals surface area contributed by atoms with Gasteiger partial charge < -0.3 is 15.4 Å². The first-order chi connectivity index (χ1) is 9.08. The molecule has 0 amide bonds. The fourth-order valence-electron chi connectivity index (χ4n) is 1.40. The molecule has 7 heteroatoms. The van der Waals surface area contributed by atoms with Gasteiger partial charge in [-0.25, -0.2) is 4.98 Å². The Morgan fingerprint density at radius 1 is 1.47 bits per heavy atom. The Labute approximate surface area is 112 Å².